The molecule has 1 amide bonds. The predicted molar refractivity (Wildman–Crippen MR) is 87.5 cm³/mol. The Morgan fingerprint density at radius 1 is 1.36 bits per heavy atom. The average Bonchev–Trinajstić information content (AvgIpc) is 2.41. The van der Waals surface area contributed by atoms with Crippen LogP contribution in [0.25, 0.3) is 5.57 Å². The van der Waals surface area contributed by atoms with Crippen molar-refractivity contribution in [2.24, 2.45) is 0 Å². The number of carbonyl (C=O) groups is 1. The summed E-state index contributed by atoms with van der Waals surface area (Å²) in [5.74, 6) is 0. The van der Waals surface area contributed by atoms with Crippen LogP contribution in [-0.2, 0) is 16.0 Å². The van der Waals surface area contributed by atoms with Gasteiger partial charge in [0.15, 0.2) is 0 Å². The minimum atomic E-state index is -0.532. The topological polar surface area (TPSA) is 51.7 Å². The summed E-state index contributed by atoms with van der Waals surface area (Å²) in [5.41, 5.74) is 1.98. The zero-order valence-electron chi connectivity index (χ0n) is 14.2. The maximum Gasteiger partial charge on any atom is 0.410 e. The number of nitrogens with zero attached hydrogens (tertiary/aromatic N) is 2. The smallest absolute Gasteiger partial charge is 0.410 e. The highest BCUT2D eigenvalue weighted by molar-refractivity contribution is 5.68. The van der Waals surface area contributed by atoms with E-state index >= 15 is 0 Å². The SMILES string of the molecule is C=C(C)c1cccc(CN(CCOC)C(=O)OC(C)(C)C)n1. The number of hydrogen-bond donors (Lipinski definition) is 0. The molecule has 0 aliphatic heterocycles. The summed E-state index contributed by atoms with van der Waals surface area (Å²) in [6.07, 6.45) is -0.368. The third-order valence-corrected chi connectivity index (χ3v) is 2.81. The third kappa shape index (κ3) is 6.26. The Balaban J connectivity index is 2.86. The number of aromatic nitrogens is 1. The van der Waals surface area contributed by atoms with Crippen LogP contribution in [0.5, 0.6) is 0 Å². The molecule has 0 radical (unpaired) electrons. The van der Waals surface area contributed by atoms with E-state index in [2.05, 4.69) is 11.6 Å². The largest absolute Gasteiger partial charge is 0.444 e. The number of carbonyl (C=O) groups excluding carboxylic acids is 1. The van der Waals surface area contributed by atoms with Crippen LogP contribution >= 0.6 is 0 Å². The second-order valence-corrected chi connectivity index (χ2v) is 6.19. The molecule has 0 atom stereocenters. The lowest BCUT2D eigenvalue weighted by molar-refractivity contribution is 0.0181. The first kappa shape index (κ1) is 18.2. The molecule has 0 unspecified atom stereocenters. The van der Waals surface area contributed by atoms with Gasteiger partial charge in [0, 0.05) is 13.7 Å². The molecular formula is C17H26N2O3. The maximum absolute atomic E-state index is 12.3. The summed E-state index contributed by atoms with van der Waals surface area (Å²) >= 11 is 0. The van der Waals surface area contributed by atoms with Gasteiger partial charge in [-0.05, 0) is 45.4 Å². The molecule has 0 aromatic carbocycles. The van der Waals surface area contributed by atoms with Crippen molar-refractivity contribution in [2.45, 2.75) is 39.8 Å². The highest BCUT2D eigenvalue weighted by Crippen LogP contribution is 2.14. The third-order valence-electron chi connectivity index (χ3n) is 2.81. The van der Waals surface area contributed by atoms with Gasteiger partial charge in [-0.2, -0.15) is 0 Å². The first-order chi connectivity index (χ1) is 10.2. The van der Waals surface area contributed by atoms with E-state index in [1.807, 2.05) is 45.9 Å². The van der Waals surface area contributed by atoms with Crippen molar-refractivity contribution < 1.29 is 14.3 Å². The molecule has 0 aliphatic rings. The Hall–Kier alpha value is -1.88. The van der Waals surface area contributed by atoms with Crippen LogP contribution in [0.4, 0.5) is 4.79 Å². The zero-order chi connectivity index (χ0) is 16.8. The molecule has 5 heteroatoms. The van der Waals surface area contributed by atoms with Crippen LogP contribution in [0.1, 0.15) is 39.1 Å². The number of hydrogen-bond acceptors (Lipinski definition) is 4. The van der Waals surface area contributed by atoms with Gasteiger partial charge >= 0.3 is 6.09 Å². The fraction of sp³-hybridized carbons (Fsp3) is 0.529. The summed E-state index contributed by atoms with van der Waals surface area (Å²) in [4.78, 5) is 18.4. The number of ether oxygens (including phenoxy) is 2. The molecule has 1 aromatic rings. The lowest BCUT2D eigenvalue weighted by Crippen LogP contribution is -2.38. The molecule has 22 heavy (non-hydrogen) atoms. The average molecular weight is 306 g/mol. The van der Waals surface area contributed by atoms with E-state index in [1.165, 1.54) is 0 Å². The van der Waals surface area contributed by atoms with Crippen molar-refractivity contribution >= 4 is 11.7 Å². The van der Waals surface area contributed by atoms with Crippen LogP contribution in [0.3, 0.4) is 0 Å². The Labute approximate surface area is 132 Å². The molecule has 0 N–H and O–H groups in total. The Morgan fingerprint density at radius 2 is 2.05 bits per heavy atom. The van der Waals surface area contributed by atoms with Crippen molar-refractivity contribution in [3.05, 3.63) is 36.2 Å². The Bertz CT molecular complexity index is 521. The molecule has 0 aliphatic carbocycles. The second kappa shape index (κ2) is 7.94. The minimum absolute atomic E-state index is 0.368. The van der Waals surface area contributed by atoms with E-state index in [9.17, 15) is 4.79 Å². The van der Waals surface area contributed by atoms with E-state index < -0.39 is 5.60 Å². The monoisotopic (exact) mass is 306 g/mol. The van der Waals surface area contributed by atoms with Gasteiger partial charge in [0.1, 0.15) is 5.60 Å². The van der Waals surface area contributed by atoms with Crippen molar-refractivity contribution in [2.75, 3.05) is 20.3 Å². The maximum atomic E-state index is 12.3. The van der Waals surface area contributed by atoms with E-state index in [4.69, 9.17) is 9.47 Å². The standard InChI is InChI=1S/C17H26N2O3/c1-13(2)15-9-7-8-14(18-15)12-19(10-11-21-6)16(20)22-17(3,4)5/h7-9H,1,10-12H2,2-6H3. The highest BCUT2D eigenvalue weighted by Gasteiger charge is 2.22. The predicted octanol–water partition coefficient (Wildman–Crippen LogP) is 3.50. The minimum Gasteiger partial charge on any atom is -0.444 e. The van der Waals surface area contributed by atoms with Crippen LogP contribution in [-0.4, -0.2) is 41.8 Å². The van der Waals surface area contributed by atoms with Crippen molar-refractivity contribution in [1.29, 1.82) is 0 Å². The van der Waals surface area contributed by atoms with Gasteiger partial charge < -0.3 is 9.47 Å². The van der Waals surface area contributed by atoms with Gasteiger partial charge in [-0.3, -0.25) is 9.88 Å². The van der Waals surface area contributed by atoms with Crippen LogP contribution in [0.2, 0.25) is 0 Å². The first-order valence-corrected chi connectivity index (χ1v) is 7.31. The van der Waals surface area contributed by atoms with Gasteiger partial charge in [-0.25, -0.2) is 4.79 Å². The molecule has 122 valence electrons. The second-order valence-electron chi connectivity index (χ2n) is 6.19. The highest BCUT2D eigenvalue weighted by atomic mass is 16.6. The number of pyridine rings is 1. The molecule has 1 heterocycles. The van der Waals surface area contributed by atoms with Crippen LogP contribution < -0.4 is 0 Å². The fourth-order valence-corrected chi connectivity index (χ4v) is 1.76. The fourth-order valence-electron chi connectivity index (χ4n) is 1.76. The number of allylic oxidation sites excluding steroid dienone is 1. The van der Waals surface area contributed by atoms with Crippen molar-refractivity contribution in [3.8, 4) is 0 Å². The van der Waals surface area contributed by atoms with E-state index in [-0.39, 0.29) is 6.09 Å². The van der Waals surface area contributed by atoms with Crippen LogP contribution in [0.15, 0.2) is 24.8 Å². The van der Waals surface area contributed by atoms with E-state index in [0.29, 0.717) is 19.7 Å². The van der Waals surface area contributed by atoms with Gasteiger partial charge in [-0.1, -0.05) is 12.6 Å². The first-order valence-electron chi connectivity index (χ1n) is 7.31. The molecule has 0 bridgehead atoms. The van der Waals surface area contributed by atoms with Gasteiger partial charge in [0.25, 0.3) is 0 Å². The van der Waals surface area contributed by atoms with Crippen molar-refractivity contribution in [3.63, 3.8) is 0 Å². The summed E-state index contributed by atoms with van der Waals surface area (Å²) in [7, 11) is 1.60. The Morgan fingerprint density at radius 3 is 2.59 bits per heavy atom. The molecule has 5 nitrogen and oxygen atoms in total. The zero-order valence-corrected chi connectivity index (χ0v) is 14.2. The lowest BCUT2D eigenvalue weighted by atomic mass is 10.2. The molecule has 0 saturated carbocycles. The van der Waals surface area contributed by atoms with Gasteiger partial charge in [0.05, 0.1) is 24.5 Å². The van der Waals surface area contributed by atoms with Gasteiger partial charge in [-0.15, -0.1) is 0 Å². The molecular weight excluding hydrogens is 280 g/mol. The normalized spacial score (nSPS) is 11.1. The number of rotatable bonds is 6. The lowest BCUT2D eigenvalue weighted by Gasteiger charge is -2.27. The molecule has 0 spiro atoms. The number of methoxy groups -OCH3 is 1. The van der Waals surface area contributed by atoms with Gasteiger partial charge in [0.2, 0.25) is 0 Å². The van der Waals surface area contributed by atoms with E-state index in [0.717, 1.165) is 17.0 Å². The molecule has 0 saturated heterocycles. The number of amides is 1. The summed E-state index contributed by atoms with van der Waals surface area (Å²) in [6, 6.07) is 5.70. The molecule has 1 aromatic heterocycles. The molecule has 0 fully saturated rings. The molecule has 1 rings (SSSR count). The van der Waals surface area contributed by atoms with Crippen LogP contribution in [0, 0.1) is 0 Å². The summed E-state index contributed by atoms with van der Waals surface area (Å²) < 4.78 is 10.5. The van der Waals surface area contributed by atoms with E-state index in [1.54, 1.807) is 12.0 Å². The Kier molecular flexibility index (Phi) is 6.56. The summed E-state index contributed by atoms with van der Waals surface area (Å²) in [5, 5.41) is 0. The summed E-state index contributed by atoms with van der Waals surface area (Å²) in [6.45, 7) is 12.6. The van der Waals surface area contributed by atoms with Crippen molar-refractivity contribution in [1.82, 2.24) is 9.88 Å². The quantitative estimate of drug-likeness (QED) is 0.807.